The van der Waals surface area contributed by atoms with Crippen LogP contribution in [0.3, 0.4) is 0 Å². The molecular formula is C19H20N6. The molecule has 0 bridgehead atoms. The van der Waals surface area contributed by atoms with E-state index < -0.39 is 0 Å². The molecule has 126 valence electrons. The summed E-state index contributed by atoms with van der Waals surface area (Å²) < 4.78 is 0. The van der Waals surface area contributed by atoms with Gasteiger partial charge in [0.1, 0.15) is 12.0 Å². The van der Waals surface area contributed by atoms with Gasteiger partial charge in [0.2, 0.25) is 0 Å². The lowest BCUT2D eigenvalue weighted by Gasteiger charge is -2.30. The molecule has 25 heavy (non-hydrogen) atoms. The molecule has 0 unspecified atom stereocenters. The third-order valence-electron chi connectivity index (χ3n) is 4.48. The highest BCUT2D eigenvalue weighted by atomic mass is 15.2. The van der Waals surface area contributed by atoms with Crippen LogP contribution in [0.25, 0.3) is 0 Å². The number of pyridine rings is 1. The van der Waals surface area contributed by atoms with Gasteiger partial charge >= 0.3 is 0 Å². The maximum atomic E-state index is 6.35. The number of aromatic nitrogens is 3. The number of rotatable bonds is 4. The number of nitrogen functional groups attached to an aromatic ring is 1. The first kappa shape index (κ1) is 15.4. The number of anilines is 3. The normalized spacial score (nSPS) is 13.4. The third-order valence-corrected chi connectivity index (χ3v) is 4.48. The summed E-state index contributed by atoms with van der Waals surface area (Å²) in [6.45, 7) is 2.34. The molecular weight excluding hydrogens is 312 g/mol. The lowest BCUT2D eigenvalue weighted by molar-refractivity contribution is 0.720. The van der Waals surface area contributed by atoms with Crippen molar-refractivity contribution in [2.45, 2.75) is 19.5 Å². The predicted molar refractivity (Wildman–Crippen MR) is 99.2 cm³/mol. The van der Waals surface area contributed by atoms with Gasteiger partial charge in [0.05, 0.1) is 0 Å². The van der Waals surface area contributed by atoms with E-state index in [1.165, 1.54) is 11.1 Å². The van der Waals surface area contributed by atoms with Gasteiger partial charge in [0, 0.05) is 32.0 Å². The molecule has 0 spiro atoms. The Labute approximate surface area is 146 Å². The van der Waals surface area contributed by atoms with Crippen molar-refractivity contribution in [3.63, 3.8) is 0 Å². The number of benzene rings is 1. The highest BCUT2D eigenvalue weighted by molar-refractivity contribution is 5.75. The second-order valence-corrected chi connectivity index (χ2v) is 6.11. The zero-order valence-corrected chi connectivity index (χ0v) is 13.9. The number of fused-ring (bicyclic) bond motifs is 1. The van der Waals surface area contributed by atoms with Crippen LogP contribution in [0.5, 0.6) is 0 Å². The van der Waals surface area contributed by atoms with Gasteiger partial charge in [-0.3, -0.25) is 4.98 Å². The van der Waals surface area contributed by atoms with Gasteiger partial charge in [-0.15, -0.1) is 0 Å². The zero-order valence-electron chi connectivity index (χ0n) is 13.9. The summed E-state index contributed by atoms with van der Waals surface area (Å²) in [5.74, 6) is 1.45. The SMILES string of the molecule is Nc1c(NCc2cccnc2)ncnc1N1CCc2ccccc2C1. The molecule has 1 aliphatic rings. The molecule has 0 radical (unpaired) electrons. The molecule has 3 aromatic rings. The molecule has 0 fully saturated rings. The van der Waals surface area contributed by atoms with Crippen LogP contribution >= 0.6 is 0 Å². The molecule has 3 N–H and O–H groups in total. The van der Waals surface area contributed by atoms with Crippen molar-refractivity contribution >= 4 is 17.3 Å². The Morgan fingerprint density at radius 3 is 2.80 bits per heavy atom. The molecule has 6 heteroatoms. The monoisotopic (exact) mass is 332 g/mol. The second kappa shape index (κ2) is 6.76. The van der Waals surface area contributed by atoms with Gasteiger partial charge in [0.25, 0.3) is 0 Å². The van der Waals surface area contributed by atoms with Crippen molar-refractivity contribution < 1.29 is 0 Å². The average Bonchev–Trinajstić information content (AvgIpc) is 2.68. The number of hydrogen-bond acceptors (Lipinski definition) is 6. The first-order valence-electron chi connectivity index (χ1n) is 8.36. The lowest BCUT2D eigenvalue weighted by Crippen LogP contribution is -2.31. The summed E-state index contributed by atoms with van der Waals surface area (Å²) in [5, 5.41) is 3.29. The smallest absolute Gasteiger partial charge is 0.157 e. The van der Waals surface area contributed by atoms with E-state index in [1.54, 1.807) is 12.5 Å². The molecule has 1 aromatic carbocycles. The number of nitrogens with zero attached hydrogens (tertiary/aromatic N) is 4. The molecule has 1 aliphatic heterocycles. The summed E-state index contributed by atoms with van der Waals surface area (Å²) in [4.78, 5) is 15.1. The maximum Gasteiger partial charge on any atom is 0.157 e. The Bertz CT molecular complexity index is 865. The van der Waals surface area contributed by atoms with Gasteiger partial charge in [0.15, 0.2) is 11.6 Å². The van der Waals surface area contributed by atoms with E-state index in [2.05, 4.69) is 49.4 Å². The summed E-state index contributed by atoms with van der Waals surface area (Å²) in [6.07, 6.45) is 6.15. The summed E-state index contributed by atoms with van der Waals surface area (Å²) in [6, 6.07) is 12.5. The minimum absolute atomic E-state index is 0.589. The Balaban J connectivity index is 1.53. The first-order chi connectivity index (χ1) is 12.3. The van der Waals surface area contributed by atoms with Crippen molar-refractivity contribution in [3.8, 4) is 0 Å². The van der Waals surface area contributed by atoms with Crippen LogP contribution in [0, 0.1) is 0 Å². The fourth-order valence-electron chi connectivity index (χ4n) is 3.14. The standard InChI is InChI=1S/C19H20N6/c20-17-18(22-11-14-4-3-8-21-10-14)23-13-24-19(17)25-9-7-15-5-1-2-6-16(15)12-25/h1-6,8,10,13H,7,9,11-12,20H2,(H,22,23,24). The largest absolute Gasteiger partial charge is 0.393 e. The summed E-state index contributed by atoms with van der Waals surface area (Å²) in [7, 11) is 0. The molecule has 0 aliphatic carbocycles. The van der Waals surface area contributed by atoms with Crippen molar-refractivity contribution in [1.29, 1.82) is 0 Å². The van der Waals surface area contributed by atoms with E-state index >= 15 is 0 Å². The summed E-state index contributed by atoms with van der Waals surface area (Å²) in [5.41, 5.74) is 10.8. The van der Waals surface area contributed by atoms with Crippen LogP contribution in [0.1, 0.15) is 16.7 Å². The van der Waals surface area contributed by atoms with Crippen LogP contribution < -0.4 is 16.0 Å². The van der Waals surface area contributed by atoms with Gasteiger partial charge < -0.3 is 16.0 Å². The minimum atomic E-state index is 0.589. The van der Waals surface area contributed by atoms with Gasteiger partial charge in [-0.2, -0.15) is 0 Å². The topological polar surface area (TPSA) is 80.0 Å². The number of nitrogens with one attached hydrogen (secondary N) is 1. The predicted octanol–water partition coefficient (Wildman–Crippen LogP) is 2.63. The first-order valence-corrected chi connectivity index (χ1v) is 8.36. The van der Waals surface area contributed by atoms with Crippen molar-refractivity contribution in [1.82, 2.24) is 15.0 Å². The Kier molecular flexibility index (Phi) is 4.16. The molecule has 4 rings (SSSR count). The molecule has 0 atom stereocenters. The number of hydrogen-bond donors (Lipinski definition) is 2. The van der Waals surface area contributed by atoms with E-state index in [1.807, 2.05) is 18.3 Å². The molecule has 0 saturated carbocycles. The van der Waals surface area contributed by atoms with Crippen molar-refractivity contribution in [2.24, 2.45) is 0 Å². The molecule has 6 nitrogen and oxygen atoms in total. The fourth-order valence-corrected chi connectivity index (χ4v) is 3.14. The Hall–Kier alpha value is -3.15. The van der Waals surface area contributed by atoms with E-state index in [0.29, 0.717) is 18.1 Å². The van der Waals surface area contributed by atoms with Crippen LogP contribution in [0.4, 0.5) is 17.3 Å². The average molecular weight is 332 g/mol. The van der Waals surface area contributed by atoms with E-state index in [9.17, 15) is 0 Å². The minimum Gasteiger partial charge on any atom is -0.393 e. The highest BCUT2D eigenvalue weighted by Gasteiger charge is 2.20. The Morgan fingerprint density at radius 2 is 1.96 bits per heavy atom. The van der Waals surface area contributed by atoms with Crippen LogP contribution in [0.15, 0.2) is 55.1 Å². The molecule has 0 amide bonds. The van der Waals surface area contributed by atoms with Crippen LogP contribution in [-0.4, -0.2) is 21.5 Å². The van der Waals surface area contributed by atoms with Crippen LogP contribution in [-0.2, 0) is 19.5 Å². The molecule has 0 saturated heterocycles. The van der Waals surface area contributed by atoms with Gasteiger partial charge in [-0.25, -0.2) is 9.97 Å². The van der Waals surface area contributed by atoms with Gasteiger partial charge in [-0.05, 0) is 29.2 Å². The van der Waals surface area contributed by atoms with E-state index in [-0.39, 0.29) is 0 Å². The fraction of sp³-hybridized carbons (Fsp3) is 0.211. The lowest BCUT2D eigenvalue weighted by atomic mass is 10.00. The quantitative estimate of drug-likeness (QED) is 0.764. The highest BCUT2D eigenvalue weighted by Crippen LogP contribution is 2.30. The van der Waals surface area contributed by atoms with Gasteiger partial charge in [-0.1, -0.05) is 30.3 Å². The second-order valence-electron chi connectivity index (χ2n) is 6.11. The van der Waals surface area contributed by atoms with Crippen molar-refractivity contribution in [3.05, 3.63) is 71.8 Å². The van der Waals surface area contributed by atoms with E-state index in [0.717, 1.165) is 30.9 Å². The maximum absolute atomic E-state index is 6.35. The zero-order chi connectivity index (χ0) is 17.1. The van der Waals surface area contributed by atoms with E-state index in [4.69, 9.17) is 5.73 Å². The van der Waals surface area contributed by atoms with Crippen molar-refractivity contribution in [2.75, 3.05) is 22.5 Å². The Morgan fingerprint density at radius 1 is 1.08 bits per heavy atom. The number of nitrogens with two attached hydrogens (primary N) is 1. The molecule has 3 heterocycles. The summed E-state index contributed by atoms with van der Waals surface area (Å²) >= 11 is 0. The van der Waals surface area contributed by atoms with Crippen LogP contribution in [0.2, 0.25) is 0 Å². The third kappa shape index (κ3) is 3.24. The molecule has 2 aromatic heterocycles.